The SMILES string of the molecule is COc1cc(Cl)c(C(Br)c2ccc3c(c2)CCC3)cc1Cl. The Labute approximate surface area is 143 Å². The second-order valence-electron chi connectivity index (χ2n) is 5.25. The summed E-state index contributed by atoms with van der Waals surface area (Å²) in [6, 6.07) is 10.3. The van der Waals surface area contributed by atoms with Crippen molar-refractivity contribution in [1.29, 1.82) is 0 Å². The lowest BCUT2D eigenvalue weighted by atomic mass is 10.0. The van der Waals surface area contributed by atoms with E-state index in [4.69, 9.17) is 27.9 Å². The molecule has 110 valence electrons. The van der Waals surface area contributed by atoms with Gasteiger partial charge >= 0.3 is 0 Å². The molecule has 0 bridgehead atoms. The maximum absolute atomic E-state index is 6.37. The normalized spacial score (nSPS) is 14.9. The summed E-state index contributed by atoms with van der Waals surface area (Å²) >= 11 is 16.3. The second-order valence-corrected chi connectivity index (χ2v) is 6.98. The third-order valence-corrected chi connectivity index (χ3v) is 5.60. The number of benzene rings is 2. The van der Waals surface area contributed by atoms with Gasteiger partial charge in [-0.2, -0.15) is 0 Å². The molecule has 2 aromatic carbocycles. The van der Waals surface area contributed by atoms with Gasteiger partial charge in [0.1, 0.15) is 5.75 Å². The molecule has 1 nitrogen and oxygen atoms in total. The molecule has 0 amide bonds. The van der Waals surface area contributed by atoms with Crippen LogP contribution in [0.3, 0.4) is 0 Å². The van der Waals surface area contributed by atoms with Crippen LogP contribution in [-0.4, -0.2) is 7.11 Å². The zero-order valence-corrected chi connectivity index (χ0v) is 14.7. The van der Waals surface area contributed by atoms with Crippen molar-refractivity contribution >= 4 is 39.1 Å². The Morgan fingerprint density at radius 1 is 1.05 bits per heavy atom. The third-order valence-electron chi connectivity index (χ3n) is 3.96. The molecule has 0 fully saturated rings. The summed E-state index contributed by atoms with van der Waals surface area (Å²) in [7, 11) is 1.59. The molecular weight excluding hydrogens is 371 g/mol. The summed E-state index contributed by atoms with van der Waals surface area (Å²) in [4.78, 5) is 0.0271. The van der Waals surface area contributed by atoms with Crippen molar-refractivity contribution in [1.82, 2.24) is 0 Å². The zero-order chi connectivity index (χ0) is 15.0. The van der Waals surface area contributed by atoms with Gasteiger partial charge in [0, 0.05) is 11.1 Å². The molecule has 0 aromatic heterocycles. The van der Waals surface area contributed by atoms with Gasteiger partial charge in [0.25, 0.3) is 0 Å². The third kappa shape index (κ3) is 2.94. The number of hydrogen-bond donors (Lipinski definition) is 0. The molecule has 4 heteroatoms. The summed E-state index contributed by atoms with van der Waals surface area (Å²) in [6.45, 7) is 0. The number of alkyl halides is 1. The Morgan fingerprint density at radius 2 is 1.81 bits per heavy atom. The first-order valence-corrected chi connectivity index (χ1v) is 8.56. The molecule has 0 aliphatic heterocycles. The minimum absolute atomic E-state index is 0.0271. The quantitative estimate of drug-likeness (QED) is 0.591. The first-order valence-electron chi connectivity index (χ1n) is 6.89. The van der Waals surface area contributed by atoms with Crippen LogP contribution >= 0.6 is 39.1 Å². The maximum atomic E-state index is 6.37. The highest BCUT2D eigenvalue weighted by Gasteiger charge is 2.19. The van der Waals surface area contributed by atoms with Crippen LogP contribution in [0.4, 0.5) is 0 Å². The van der Waals surface area contributed by atoms with E-state index in [1.165, 1.54) is 36.0 Å². The highest BCUT2D eigenvalue weighted by molar-refractivity contribution is 9.09. The Bertz CT molecular complexity index is 685. The molecule has 21 heavy (non-hydrogen) atoms. The van der Waals surface area contributed by atoms with Gasteiger partial charge in [0.15, 0.2) is 0 Å². The summed E-state index contributed by atoms with van der Waals surface area (Å²) in [5, 5.41) is 1.22. The van der Waals surface area contributed by atoms with E-state index in [9.17, 15) is 0 Å². The fraction of sp³-hybridized carbons (Fsp3) is 0.294. The molecule has 3 rings (SSSR count). The van der Waals surface area contributed by atoms with Crippen LogP contribution in [0.15, 0.2) is 30.3 Å². The monoisotopic (exact) mass is 384 g/mol. The minimum atomic E-state index is 0.0271. The first kappa shape index (κ1) is 15.2. The maximum Gasteiger partial charge on any atom is 0.138 e. The molecule has 1 atom stereocenters. The largest absolute Gasteiger partial charge is 0.495 e. The van der Waals surface area contributed by atoms with E-state index in [1.807, 2.05) is 6.07 Å². The predicted molar refractivity (Wildman–Crippen MR) is 92.3 cm³/mol. The Kier molecular flexibility index (Phi) is 4.49. The van der Waals surface area contributed by atoms with Crippen molar-refractivity contribution in [3.63, 3.8) is 0 Å². The summed E-state index contributed by atoms with van der Waals surface area (Å²) < 4.78 is 5.20. The van der Waals surface area contributed by atoms with Crippen LogP contribution in [-0.2, 0) is 12.8 Å². The number of ether oxygens (including phenoxy) is 1. The van der Waals surface area contributed by atoms with Crippen LogP contribution in [0, 0.1) is 0 Å². The lowest BCUT2D eigenvalue weighted by molar-refractivity contribution is 0.415. The minimum Gasteiger partial charge on any atom is -0.495 e. The van der Waals surface area contributed by atoms with Crippen LogP contribution in [0.1, 0.15) is 33.5 Å². The average molecular weight is 386 g/mol. The topological polar surface area (TPSA) is 9.23 Å². The van der Waals surface area contributed by atoms with Gasteiger partial charge in [-0.15, -0.1) is 0 Å². The number of aryl methyl sites for hydroxylation is 2. The number of hydrogen-bond acceptors (Lipinski definition) is 1. The van der Waals surface area contributed by atoms with Crippen LogP contribution in [0.2, 0.25) is 10.0 Å². The van der Waals surface area contributed by atoms with Crippen molar-refractivity contribution in [3.8, 4) is 5.75 Å². The van der Waals surface area contributed by atoms with Gasteiger partial charge in [-0.1, -0.05) is 57.3 Å². The van der Waals surface area contributed by atoms with Gasteiger partial charge in [0.05, 0.1) is 17.0 Å². The number of methoxy groups -OCH3 is 1. The van der Waals surface area contributed by atoms with E-state index >= 15 is 0 Å². The van der Waals surface area contributed by atoms with E-state index < -0.39 is 0 Å². The molecule has 1 aliphatic carbocycles. The van der Waals surface area contributed by atoms with Gasteiger partial charge in [-0.3, -0.25) is 0 Å². The van der Waals surface area contributed by atoms with Gasteiger partial charge in [0.2, 0.25) is 0 Å². The molecule has 2 aromatic rings. The number of halogens is 3. The van der Waals surface area contributed by atoms with E-state index in [1.54, 1.807) is 13.2 Å². The highest BCUT2D eigenvalue weighted by Crippen LogP contribution is 2.41. The van der Waals surface area contributed by atoms with Crippen molar-refractivity contribution < 1.29 is 4.74 Å². The Hall–Kier alpha value is -0.700. The highest BCUT2D eigenvalue weighted by atomic mass is 79.9. The molecule has 0 saturated heterocycles. The van der Waals surface area contributed by atoms with Gasteiger partial charge in [-0.25, -0.2) is 0 Å². The fourth-order valence-corrected chi connectivity index (χ4v) is 4.13. The molecule has 0 radical (unpaired) electrons. The van der Waals surface area contributed by atoms with Crippen molar-refractivity contribution in [2.75, 3.05) is 7.11 Å². The second kappa shape index (κ2) is 6.20. The standard InChI is InChI=1S/C17H15BrCl2O/c1-21-16-9-14(19)13(8-15(16)20)17(18)12-6-5-10-3-2-4-11(10)7-12/h5-9,17H,2-4H2,1H3. The average Bonchev–Trinajstić information content (AvgIpc) is 2.95. The fourth-order valence-electron chi connectivity index (χ4n) is 2.82. The van der Waals surface area contributed by atoms with E-state index in [0.717, 1.165) is 5.56 Å². The molecule has 1 unspecified atom stereocenters. The zero-order valence-electron chi connectivity index (χ0n) is 11.6. The van der Waals surface area contributed by atoms with Crippen LogP contribution < -0.4 is 4.74 Å². The molecule has 0 saturated carbocycles. The molecule has 0 N–H and O–H groups in total. The predicted octanol–water partition coefficient (Wildman–Crippen LogP) is 5.98. The van der Waals surface area contributed by atoms with Gasteiger partial charge in [-0.05, 0) is 47.6 Å². The van der Waals surface area contributed by atoms with E-state index in [-0.39, 0.29) is 4.83 Å². The summed E-state index contributed by atoms with van der Waals surface area (Å²) in [5.41, 5.74) is 5.09. The van der Waals surface area contributed by atoms with E-state index in [0.29, 0.717) is 15.8 Å². The molecule has 0 heterocycles. The van der Waals surface area contributed by atoms with Crippen LogP contribution in [0.5, 0.6) is 5.75 Å². The lowest BCUT2D eigenvalue weighted by Gasteiger charge is -2.16. The Morgan fingerprint density at radius 3 is 2.57 bits per heavy atom. The van der Waals surface area contributed by atoms with Crippen molar-refractivity contribution in [2.24, 2.45) is 0 Å². The molecule has 0 spiro atoms. The number of fused-ring (bicyclic) bond motifs is 1. The summed E-state index contributed by atoms with van der Waals surface area (Å²) in [6.07, 6.45) is 3.61. The first-order chi connectivity index (χ1) is 10.1. The lowest BCUT2D eigenvalue weighted by Crippen LogP contribution is -1.97. The van der Waals surface area contributed by atoms with Gasteiger partial charge < -0.3 is 4.74 Å². The smallest absolute Gasteiger partial charge is 0.138 e. The van der Waals surface area contributed by atoms with Crippen molar-refractivity contribution in [2.45, 2.75) is 24.1 Å². The molecular formula is C17H15BrCl2O. The number of rotatable bonds is 3. The Balaban J connectivity index is 1.98. The van der Waals surface area contributed by atoms with Crippen molar-refractivity contribution in [3.05, 3.63) is 62.6 Å². The summed E-state index contributed by atoms with van der Waals surface area (Å²) in [5.74, 6) is 0.596. The van der Waals surface area contributed by atoms with E-state index in [2.05, 4.69) is 34.1 Å². The van der Waals surface area contributed by atoms with Crippen LogP contribution in [0.25, 0.3) is 0 Å². The molecule has 1 aliphatic rings.